The van der Waals surface area contributed by atoms with Crippen molar-refractivity contribution < 1.29 is 22.8 Å². The van der Waals surface area contributed by atoms with E-state index in [1.807, 2.05) is 0 Å². The number of pyridine rings is 2. The van der Waals surface area contributed by atoms with Gasteiger partial charge in [0.05, 0.1) is 23.3 Å². The van der Waals surface area contributed by atoms with Crippen LogP contribution in [0.2, 0.25) is 0 Å². The summed E-state index contributed by atoms with van der Waals surface area (Å²) in [6.07, 6.45) is -0.701. The molecular weight excluding hydrogens is 395 g/mol. The number of aldehydes is 1. The van der Waals surface area contributed by atoms with Crippen LogP contribution in [-0.4, -0.2) is 22.2 Å². The fourth-order valence-electron chi connectivity index (χ4n) is 3.43. The number of alkyl halides is 3. The minimum absolute atomic E-state index is 0.0199. The summed E-state index contributed by atoms with van der Waals surface area (Å²) >= 11 is 0. The zero-order chi connectivity index (χ0) is 21.5. The number of aryl methyl sites for hydroxylation is 1. The Morgan fingerprint density at radius 1 is 1.23 bits per heavy atom. The monoisotopic (exact) mass is 413 g/mol. The molecule has 1 fully saturated rings. The van der Waals surface area contributed by atoms with E-state index >= 15 is 0 Å². The minimum Gasteiger partial charge on any atom is -0.345 e. The van der Waals surface area contributed by atoms with E-state index in [-0.39, 0.29) is 23.7 Å². The maximum absolute atomic E-state index is 13.7. The van der Waals surface area contributed by atoms with E-state index in [0.717, 1.165) is 18.9 Å². The lowest BCUT2D eigenvalue weighted by Gasteiger charge is -2.15. The van der Waals surface area contributed by atoms with Crippen molar-refractivity contribution in [3.63, 3.8) is 0 Å². The van der Waals surface area contributed by atoms with Crippen LogP contribution in [0.5, 0.6) is 0 Å². The van der Waals surface area contributed by atoms with Crippen molar-refractivity contribution in [3.8, 4) is 0 Å². The highest BCUT2D eigenvalue weighted by Gasteiger charge is 2.36. The second-order valence-electron chi connectivity index (χ2n) is 7.44. The summed E-state index contributed by atoms with van der Waals surface area (Å²) in [6, 6.07) is 7.45. The van der Waals surface area contributed by atoms with Gasteiger partial charge in [-0.25, -0.2) is 4.98 Å². The van der Waals surface area contributed by atoms with Gasteiger partial charge in [-0.2, -0.15) is 13.2 Å². The normalized spacial score (nSPS) is 14.0. The van der Waals surface area contributed by atoms with Gasteiger partial charge >= 0.3 is 6.18 Å². The van der Waals surface area contributed by atoms with E-state index in [0.29, 0.717) is 34.1 Å². The summed E-state index contributed by atoms with van der Waals surface area (Å²) in [5, 5.41) is 3.00. The molecule has 3 aromatic rings. The summed E-state index contributed by atoms with van der Waals surface area (Å²) in [6.45, 7) is 1.69. The third-order valence-corrected chi connectivity index (χ3v) is 5.14. The van der Waals surface area contributed by atoms with E-state index in [4.69, 9.17) is 0 Å². The Kier molecular flexibility index (Phi) is 5.01. The number of amides is 1. The van der Waals surface area contributed by atoms with Gasteiger partial charge in [-0.3, -0.25) is 14.6 Å². The van der Waals surface area contributed by atoms with Gasteiger partial charge in [0.2, 0.25) is 0 Å². The molecule has 1 saturated carbocycles. The van der Waals surface area contributed by atoms with Gasteiger partial charge in [-0.15, -0.1) is 0 Å². The molecule has 0 unspecified atom stereocenters. The summed E-state index contributed by atoms with van der Waals surface area (Å²) in [4.78, 5) is 31.5. The van der Waals surface area contributed by atoms with Gasteiger partial charge in [-0.1, -0.05) is 0 Å². The van der Waals surface area contributed by atoms with Crippen molar-refractivity contribution in [2.45, 2.75) is 38.4 Å². The highest BCUT2D eigenvalue weighted by molar-refractivity contribution is 5.97. The Balaban J connectivity index is 1.68. The van der Waals surface area contributed by atoms with Gasteiger partial charge in [0.15, 0.2) is 0 Å². The molecule has 2 aromatic heterocycles. The topological polar surface area (TPSA) is 72.0 Å². The van der Waals surface area contributed by atoms with Gasteiger partial charge in [0, 0.05) is 17.1 Å². The number of benzene rings is 1. The number of nitrogens with zero attached hydrogens (tertiary/aromatic N) is 2. The standard InChI is InChI=1S/C22H18F3N3O2/c1-12-6-19(21(30)27-10-16-7-13(11-29)4-5-26-16)28-20-17(12)8-15(14-2-3-14)9-18(20)22(23,24)25/h4-9,11,14H,2-3,10H2,1H3,(H,27,30). The Hall–Kier alpha value is -3.29. The zero-order valence-corrected chi connectivity index (χ0v) is 16.1. The second-order valence-corrected chi connectivity index (χ2v) is 7.44. The Morgan fingerprint density at radius 3 is 2.67 bits per heavy atom. The number of halogens is 3. The van der Waals surface area contributed by atoms with E-state index in [1.54, 1.807) is 13.0 Å². The number of hydrogen-bond acceptors (Lipinski definition) is 4. The van der Waals surface area contributed by atoms with Gasteiger partial charge in [0.25, 0.3) is 5.91 Å². The molecule has 1 aliphatic carbocycles. The fourth-order valence-corrected chi connectivity index (χ4v) is 3.43. The molecule has 2 heterocycles. The van der Waals surface area contributed by atoms with Crippen LogP contribution < -0.4 is 5.32 Å². The molecule has 0 radical (unpaired) electrons. The lowest BCUT2D eigenvalue weighted by Crippen LogP contribution is -2.24. The van der Waals surface area contributed by atoms with Crippen LogP contribution >= 0.6 is 0 Å². The zero-order valence-electron chi connectivity index (χ0n) is 16.1. The highest BCUT2D eigenvalue weighted by atomic mass is 19.4. The smallest absolute Gasteiger partial charge is 0.345 e. The maximum atomic E-state index is 13.7. The largest absolute Gasteiger partial charge is 0.418 e. The van der Waals surface area contributed by atoms with Crippen LogP contribution in [0, 0.1) is 6.92 Å². The molecule has 0 saturated heterocycles. The molecule has 30 heavy (non-hydrogen) atoms. The Labute approximate surface area is 170 Å². The van der Waals surface area contributed by atoms with Crippen molar-refractivity contribution in [1.29, 1.82) is 0 Å². The van der Waals surface area contributed by atoms with Crippen LogP contribution in [0.4, 0.5) is 13.2 Å². The molecule has 0 atom stereocenters. The Morgan fingerprint density at radius 2 is 2.00 bits per heavy atom. The summed E-state index contributed by atoms with van der Waals surface area (Å²) in [7, 11) is 0. The average Bonchev–Trinajstić information content (AvgIpc) is 3.56. The van der Waals surface area contributed by atoms with E-state index in [9.17, 15) is 22.8 Å². The molecule has 0 aliphatic heterocycles. The molecule has 1 amide bonds. The number of rotatable bonds is 5. The van der Waals surface area contributed by atoms with Gasteiger partial charge in [0.1, 0.15) is 12.0 Å². The molecular formula is C22H18F3N3O2. The molecule has 154 valence electrons. The number of fused-ring (bicyclic) bond motifs is 1. The van der Waals surface area contributed by atoms with Crippen LogP contribution in [0.15, 0.2) is 36.5 Å². The number of hydrogen-bond donors (Lipinski definition) is 1. The highest BCUT2D eigenvalue weighted by Crippen LogP contribution is 2.44. The second kappa shape index (κ2) is 7.51. The van der Waals surface area contributed by atoms with Crippen LogP contribution in [0.25, 0.3) is 10.9 Å². The third kappa shape index (κ3) is 4.03. The molecule has 1 N–H and O–H groups in total. The van der Waals surface area contributed by atoms with E-state index in [1.165, 1.54) is 24.4 Å². The lowest BCUT2D eigenvalue weighted by molar-refractivity contribution is -0.136. The lowest BCUT2D eigenvalue weighted by atomic mass is 9.98. The summed E-state index contributed by atoms with van der Waals surface area (Å²) < 4.78 is 41.1. The molecule has 0 spiro atoms. The first kappa shape index (κ1) is 20.0. The summed E-state index contributed by atoms with van der Waals surface area (Å²) in [5.74, 6) is -0.454. The van der Waals surface area contributed by atoms with Crippen molar-refractivity contribution in [2.75, 3.05) is 0 Å². The van der Waals surface area contributed by atoms with Crippen molar-refractivity contribution in [3.05, 3.63) is 70.2 Å². The first-order valence-electron chi connectivity index (χ1n) is 9.47. The van der Waals surface area contributed by atoms with Crippen LogP contribution in [0.1, 0.15) is 62.0 Å². The molecule has 4 rings (SSSR count). The summed E-state index contributed by atoms with van der Waals surface area (Å²) in [5.41, 5.74) is 0.942. The maximum Gasteiger partial charge on any atom is 0.418 e. The van der Waals surface area contributed by atoms with Crippen molar-refractivity contribution in [2.24, 2.45) is 0 Å². The quantitative estimate of drug-likeness (QED) is 0.622. The van der Waals surface area contributed by atoms with Crippen LogP contribution in [0.3, 0.4) is 0 Å². The third-order valence-electron chi connectivity index (χ3n) is 5.14. The number of aromatic nitrogens is 2. The predicted molar refractivity (Wildman–Crippen MR) is 104 cm³/mol. The molecule has 1 aliphatic rings. The minimum atomic E-state index is -4.57. The number of nitrogens with one attached hydrogen (secondary N) is 1. The molecule has 1 aromatic carbocycles. The first-order chi connectivity index (χ1) is 14.3. The van der Waals surface area contributed by atoms with Gasteiger partial charge < -0.3 is 5.32 Å². The number of carbonyl (C=O) groups excluding carboxylic acids is 2. The fraction of sp³-hybridized carbons (Fsp3) is 0.273. The van der Waals surface area contributed by atoms with Gasteiger partial charge in [-0.05, 0) is 67.1 Å². The Bertz CT molecular complexity index is 1150. The molecule has 8 heteroatoms. The average molecular weight is 413 g/mol. The van der Waals surface area contributed by atoms with Crippen LogP contribution in [-0.2, 0) is 12.7 Å². The molecule has 0 bridgehead atoms. The molecule has 5 nitrogen and oxygen atoms in total. The van der Waals surface area contributed by atoms with Crippen molar-refractivity contribution in [1.82, 2.24) is 15.3 Å². The van der Waals surface area contributed by atoms with E-state index in [2.05, 4.69) is 15.3 Å². The van der Waals surface area contributed by atoms with E-state index < -0.39 is 17.6 Å². The SMILES string of the molecule is Cc1cc(C(=O)NCc2cc(C=O)ccn2)nc2c(C(F)(F)F)cc(C3CC3)cc12. The predicted octanol–water partition coefficient (Wildman–Crippen LogP) is 4.58. The van der Waals surface area contributed by atoms with Crippen molar-refractivity contribution >= 4 is 23.1 Å². The first-order valence-corrected chi connectivity index (χ1v) is 9.47. The number of carbonyl (C=O) groups is 2.